The Labute approximate surface area is 104 Å². The van der Waals surface area contributed by atoms with Crippen LogP contribution in [-0.4, -0.2) is 14.8 Å². The molecule has 0 atom stereocenters. The first-order valence-corrected chi connectivity index (χ1v) is 6.79. The molecule has 0 aliphatic carbocycles. The van der Waals surface area contributed by atoms with Crippen LogP contribution in [0.1, 0.15) is 0 Å². The Morgan fingerprint density at radius 1 is 1.50 bits per heavy atom. The van der Waals surface area contributed by atoms with Crippen molar-refractivity contribution in [2.45, 2.75) is 0 Å². The molecule has 0 saturated carbocycles. The third-order valence-corrected chi connectivity index (χ3v) is 3.76. The minimum absolute atomic E-state index is 0.00622. The molecule has 1 aromatic heterocycles. The molecule has 0 amide bonds. The summed E-state index contributed by atoms with van der Waals surface area (Å²) in [6.07, 6.45) is 1.67. The first-order valence-electron chi connectivity index (χ1n) is 4.09. The molecular weight excluding hydrogens is 320 g/mol. The van der Waals surface area contributed by atoms with Crippen LogP contribution in [0.5, 0.6) is 5.75 Å². The monoisotopic (exact) mass is 325 g/mol. The number of benzene rings is 1. The molecule has 1 aromatic carbocycles. The number of hydrogen-bond acceptors (Lipinski definition) is 2. The van der Waals surface area contributed by atoms with E-state index in [4.69, 9.17) is 21.4 Å². The minimum Gasteiger partial charge on any atom is -0.403 e. The Morgan fingerprint density at radius 2 is 2.19 bits per heavy atom. The van der Waals surface area contributed by atoms with Gasteiger partial charge in [-0.25, -0.2) is 4.57 Å². The van der Waals surface area contributed by atoms with Crippen LogP contribution in [0.4, 0.5) is 0 Å². The Balaban J connectivity index is 2.62. The molecule has 0 aliphatic rings. The Kier molecular flexibility index (Phi) is 3.03. The number of phosphoric ester groups is 1. The van der Waals surface area contributed by atoms with Gasteiger partial charge in [0, 0.05) is 17.6 Å². The Bertz CT molecular complexity index is 593. The summed E-state index contributed by atoms with van der Waals surface area (Å²) in [5.41, 5.74) is 0.636. The van der Waals surface area contributed by atoms with Gasteiger partial charge in [0.05, 0.1) is 15.0 Å². The van der Waals surface area contributed by atoms with Crippen LogP contribution in [0.25, 0.3) is 10.9 Å². The highest BCUT2D eigenvalue weighted by molar-refractivity contribution is 9.10. The molecule has 5 nitrogen and oxygen atoms in total. The van der Waals surface area contributed by atoms with Gasteiger partial charge in [-0.05, 0) is 22.0 Å². The van der Waals surface area contributed by atoms with Crippen molar-refractivity contribution in [2.75, 3.05) is 0 Å². The summed E-state index contributed by atoms with van der Waals surface area (Å²) in [7, 11) is -4.60. The van der Waals surface area contributed by atoms with E-state index in [0.717, 1.165) is 5.39 Å². The molecule has 0 radical (unpaired) electrons. The number of phosphoric acid groups is 1. The summed E-state index contributed by atoms with van der Waals surface area (Å²) in [6, 6.07) is 3.22. The topological polar surface area (TPSA) is 82.6 Å². The summed E-state index contributed by atoms with van der Waals surface area (Å²) >= 11 is 9.13. The van der Waals surface area contributed by atoms with Crippen LogP contribution >= 0.6 is 35.4 Å². The molecule has 0 bridgehead atoms. The largest absolute Gasteiger partial charge is 0.524 e. The highest BCUT2D eigenvalue weighted by Crippen LogP contribution is 2.45. The molecule has 1 heterocycles. The van der Waals surface area contributed by atoms with Gasteiger partial charge in [0.1, 0.15) is 5.75 Å². The molecule has 8 heteroatoms. The second-order valence-corrected chi connectivity index (χ2v) is 5.36. The third kappa shape index (κ3) is 2.26. The van der Waals surface area contributed by atoms with Crippen LogP contribution in [0, 0.1) is 0 Å². The van der Waals surface area contributed by atoms with Crippen LogP contribution in [-0.2, 0) is 4.57 Å². The predicted octanol–water partition coefficient (Wildman–Crippen LogP) is 3.06. The number of aromatic amines is 1. The predicted molar refractivity (Wildman–Crippen MR) is 63.7 cm³/mol. The van der Waals surface area contributed by atoms with Crippen LogP contribution < -0.4 is 4.52 Å². The number of aromatic nitrogens is 1. The SMILES string of the molecule is O=P(O)(O)Oc1cc2[nH]ccc2c(Cl)c1Br. The molecule has 86 valence electrons. The summed E-state index contributed by atoms with van der Waals surface area (Å²) < 4.78 is 15.6. The highest BCUT2D eigenvalue weighted by atomic mass is 79.9. The lowest BCUT2D eigenvalue weighted by Crippen LogP contribution is -1.91. The lowest BCUT2D eigenvalue weighted by Gasteiger charge is -2.10. The van der Waals surface area contributed by atoms with Gasteiger partial charge in [0.25, 0.3) is 0 Å². The van der Waals surface area contributed by atoms with Gasteiger partial charge in [0.15, 0.2) is 0 Å². The van der Waals surface area contributed by atoms with E-state index in [1.807, 2.05) is 0 Å². The normalized spacial score (nSPS) is 12.0. The Morgan fingerprint density at radius 3 is 2.81 bits per heavy atom. The van der Waals surface area contributed by atoms with E-state index in [1.165, 1.54) is 6.07 Å². The number of halogens is 2. The van der Waals surface area contributed by atoms with Gasteiger partial charge in [-0.15, -0.1) is 0 Å². The lowest BCUT2D eigenvalue weighted by atomic mass is 10.2. The summed E-state index contributed by atoms with van der Waals surface area (Å²) in [5.74, 6) is -0.00622. The van der Waals surface area contributed by atoms with Crippen molar-refractivity contribution >= 4 is 46.3 Å². The zero-order valence-electron chi connectivity index (χ0n) is 7.65. The maximum absolute atomic E-state index is 10.7. The second-order valence-electron chi connectivity index (χ2n) is 3.02. The number of rotatable bonds is 2. The number of fused-ring (bicyclic) bond motifs is 1. The van der Waals surface area contributed by atoms with Crippen LogP contribution in [0.15, 0.2) is 22.8 Å². The van der Waals surface area contributed by atoms with Crippen molar-refractivity contribution in [1.29, 1.82) is 0 Å². The summed E-state index contributed by atoms with van der Waals surface area (Å²) in [5, 5.41) is 1.08. The molecule has 0 unspecified atom stereocenters. The molecule has 0 aliphatic heterocycles. The van der Waals surface area contributed by atoms with Gasteiger partial charge in [0.2, 0.25) is 0 Å². The Hall–Kier alpha value is -0.520. The molecule has 16 heavy (non-hydrogen) atoms. The van der Waals surface area contributed by atoms with Crippen molar-refractivity contribution in [3.63, 3.8) is 0 Å². The van der Waals surface area contributed by atoms with E-state index in [-0.39, 0.29) is 5.75 Å². The number of hydrogen-bond donors (Lipinski definition) is 3. The first kappa shape index (κ1) is 12.0. The fourth-order valence-corrected chi connectivity index (χ4v) is 2.50. The average Bonchev–Trinajstić information content (AvgIpc) is 2.59. The van der Waals surface area contributed by atoms with Gasteiger partial charge in [-0.3, -0.25) is 9.79 Å². The number of H-pyrrole nitrogens is 1. The average molecular weight is 326 g/mol. The van der Waals surface area contributed by atoms with Crippen LogP contribution in [0.2, 0.25) is 5.02 Å². The zero-order chi connectivity index (χ0) is 11.9. The fraction of sp³-hybridized carbons (Fsp3) is 0. The van der Waals surface area contributed by atoms with E-state index in [2.05, 4.69) is 25.4 Å². The maximum Gasteiger partial charge on any atom is 0.524 e. The zero-order valence-corrected chi connectivity index (χ0v) is 10.9. The minimum atomic E-state index is -4.60. The highest BCUT2D eigenvalue weighted by Gasteiger charge is 2.20. The van der Waals surface area contributed by atoms with Crippen LogP contribution in [0.3, 0.4) is 0 Å². The van der Waals surface area contributed by atoms with Gasteiger partial charge < -0.3 is 9.51 Å². The molecular formula is C8H6BrClNO4P. The van der Waals surface area contributed by atoms with Crippen molar-refractivity contribution in [3.05, 3.63) is 27.8 Å². The van der Waals surface area contributed by atoms with E-state index in [0.29, 0.717) is 15.0 Å². The number of nitrogens with one attached hydrogen (secondary N) is 1. The maximum atomic E-state index is 10.7. The molecule has 2 rings (SSSR count). The van der Waals surface area contributed by atoms with Gasteiger partial charge >= 0.3 is 7.82 Å². The molecule has 0 fully saturated rings. The van der Waals surface area contributed by atoms with E-state index in [9.17, 15) is 4.57 Å². The van der Waals surface area contributed by atoms with Gasteiger partial charge in [-0.2, -0.15) is 0 Å². The molecule has 0 spiro atoms. The summed E-state index contributed by atoms with van der Waals surface area (Å²) in [4.78, 5) is 20.3. The van der Waals surface area contributed by atoms with Crippen molar-refractivity contribution in [1.82, 2.24) is 4.98 Å². The molecule has 2 aromatic rings. The van der Waals surface area contributed by atoms with E-state index in [1.54, 1.807) is 12.3 Å². The van der Waals surface area contributed by atoms with Crippen molar-refractivity contribution in [2.24, 2.45) is 0 Å². The second kappa shape index (κ2) is 4.05. The van der Waals surface area contributed by atoms with E-state index < -0.39 is 7.82 Å². The standard InChI is InChI=1S/C8H6BrClNO4P/c9-7-6(15-16(12,13)14)3-5-4(8(7)10)1-2-11-5/h1-3,11H,(H2,12,13,14). The quantitative estimate of drug-likeness (QED) is 0.741. The smallest absolute Gasteiger partial charge is 0.403 e. The van der Waals surface area contributed by atoms with E-state index >= 15 is 0 Å². The summed E-state index contributed by atoms with van der Waals surface area (Å²) in [6.45, 7) is 0. The third-order valence-electron chi connectivity index (χ3n) is 1.92. The first-order chi connectivity index (χ1) is 7.38. The van der Waals surface area contributed by atoms with Crippen molar-refractivity contribution < 1.29 is 18.9 Å². The van der Waals surface area contributed by atoms with Gasteiger partial charge in [-0.1, -0.05) is 11.6 Å². The fourth-order valence-electron chi connectivity index (χ4n) is 1.31. The molecule has 3 N–H and O–H groups in total. The lowest BCUT2D eigenvalue weighted by molar-refractivity contribution is 0.283. The molecule has 0 saturated heterocycles. The van der Waals surface area contributed by atoms with Crippen molar-refractivity contribution in [3.8, 4) is 5.75 Å².